The Hall–Kier alpha value is -2.40. The molecule has 0 unspecified atom stereocenters. The van der Waals surface area contributed by atoms with E-state index in [0.29, 0.717) is 17.0 Å². The van der Waals surface area contributed by atoms with Crippen molar-refractivity contribution in [1.82, 2.24) is 15.3 Å². The van der Waals surface area contributed by atoms with Gasteiger partial charge in [-0.1, -0.05) is 6.08 Å². The van der Waals surface area contributed by atoms with Crippen LogP contribution in [-0.4, -0.2) is 28.8 Å². The molecule has 0 atom stereocenters. The van der Waals surface area contributed by atoms with Crippen molar-refractivity contribution in [2.45, 2.75) is 6.42 Å². The highest BCUT2D eigenvalue weighted by atomic mass is 19.1. The van der Waals surface area contributed by atoms with Crippen LogP contribution in [0.15, 0.2) is 42.7 Å². The molecule has 0 saturated heterocycles. The molecule has 5 heteroatoms. The molecule has 0 radical (unpaired) electrons. The molecular formula is C16H14FN3O. The summed E-state index contributed by atoms with van der Waals surface area (Å²) >= 11 is 0. The molecule has 1 aliphatic rings. The van der Waals surface area contributed by atoms with E-state index in [9.17, 15) is 9.18 Å². The van der Waals surface area contributed by atoms with Crippen molar-refractivity contribution in [3.63, 3.8) is 0 Å². The average molecular weight is 283 g/mol. The summed E-state index contributed by atoms with van der Waals surface area (Å²) in [6.45, 7) is 1.72. The third-order valence-corrected chi connectivity index (χ3v) is 3.37. The summed E-state index contributed by atoms with van der Waals surface area (Å²) in [7, 11) is 0. The first-order valence-corrected chi connectivity index (χ1v) is 6.76. The first-order chi connectivity index (χ1) is 10.2. The Morgan fingerprint density at radius 2 is 1.81 bits per heavy atom. The van der Waals surface area contributed by atoms with Gasteiger partial charge in [-0.2, -0.15) is 0 Å². The fourth-order valence-electron chi connectivity index (χ4n) is 2.20. The van der Waals surface area contributed by atoms with Crippen LogP contribution in [0.5, 0.6) is 0 Å². The molecule has 0 fully saturated rings. The van der Waals surface area contributed by atoms with Gasteiger partial charge < -0.3 is 5.32 Å². The molecule has 106 valence electrons. The molecule has 1 aromatic heterocycles. The third-order valence-electron chi connectivity index (χ3n) is 3.37. The molecule has 1 aliphatic heterocycles. The van der Waals surface area contributed by atoms with Gasteiger partial charge in [0.15, 0.2) is 11.6 Å². The number of ketones is 1. The van der Waals surface area contributed by atoms with Gasteiger partial charge in [0.25, 0.3) is 0 Å². The van der Waals surface area contributed by atoms with Gasteiger partial charge in [0.2, 0.25) is 0 Å². The van der Waals surface area contributed by atoms with Crippen LogP contribution < -0.4 is 5.32 Å². The normalized spacial score (nSPS) is 14.6. The lowest BCUT2D eigenvalue weighted by Gasteiger charge is -2.12. The molecule has 2 aromatic rings. The van der Waals surface area contributed by atoms with Crippen LogP contribution in [0.25, 0.3) is 5.57 Å². The molecule has 21 heavy (non-hydrogen) atoms. The Balaban J connectivity index is 1.82. The average Bonchev–Trinajstić information content (AvgIpc) is 2.56. The van der Waals surface area contributed by atoms with Crippen LogP contribution >= 0.6 is 0 Å². The predicted octanol–water partition coefficient (Wildman–Crippen LogP) is 2.22. The fraction of sp³-hybridized carbons (Fsp3) is 0.188. The second-order valence-electron chi connectivity index (χ2n) is 4.81. The number of carbonyl (C=O) groups excluding carboxylic acids is 1. The minimum Gasteiger partial charge on any atom is -0.313 e. The van der Waals surface area contributed by atoms with Crippen LogP contribution in [0.2, 0.25) is 0 Å². The van der Waals surface area contributed by atoms with Gasteiger partial charge in [0.05, 0.1) is 5.56 Å². The minimum atomic E-state index is -0.365. The lowest BCUT2D eigenvalue weighted by atomic mass is 10.1. The maximum absolute atomic E-state index is 12.9. The van der Waals surface area contributed by atoms with Crippen molar-refractivity contribution in [3.05, 3.63) is 65.5 Å². The Morgan fingerprint density at radius 1 is 1.10 bits per heavy atom. The zero-order valence-corrected chi connectivity index (χ0v) is 11.3. The Labute approximate surface area is 121 Å². The maximum atomic E-state index is 12.9. The second kappa shape index (κ2) is 5.93. The number of aromatic nitrogens is 2. The number of hydrogen-bond acceptors (Lipinski definition) is 4. The van der Waals surface area contributed by atoms with E-state index in [4.69, 9.17) is 0 Å². The minimum absolute atomic E-state index is 0.208. The summed E-state index contributed by atoms with van der Waals surface area (Å²) in [6.07, 6.45) is 5.99. The van der Waals surface area contributed by atoms with Gasteiger partial charge >= 0.3 is 0 Å². The number of halogens is 1. The van der Waals surface area contributed by atoms with E-state index in [1.54, 1.807) is 0 Å². The number of nitrogens with zero attached hydrogens (tertiary/aromatic N) is 2. The number of nitrogens with one attached hydrogen (secondary N) is 1. The molecule has 0 bridgehead atoms. The molecule has 0 saturated carbocycles. The van der Waals surface area contributed by atoms with Crippen LogP contribution in [0, 0.1) is 5.82 Å². The van der Waals surface area contributed by atoms with Gasteiger partial charge in [-0.15, -0.1) is 0 Å². The van der Waals surface area contributed by atoms with E-state index >= 15 is 0 Å². The summed E-state index contributed by atoms with van der Waals surface area (Å²) in [4.78, 5) is 20.7. The number of benzene rings is 1. The topological polar surface area (TPSA) is 54.9 Å². The van der Waals surface area contributed by atoms with E-state index in [0.717, 1.165) is 25.1 Å². The standard InChI is InChI=1S/C16H14FN3O/c17-14-3-1-11(2-4-14)15(21)13-9-19-16(20-10-13)12-5-7-18-8-6-12/h1-5,9-10,18H,6-8H2. The first-order valence-electron chi connectivity index (χ1n) is 6.76. The lowest BCUT2D eigenvalue weighted by Crippen LogP contribution is -2.20. The zero-order valence-electron chi connectivity index (χ0n) is 11.3. The number of carbonyl (C=O) groups is 1. The van der Waals surface area contributed by atoms with Crippen molar-refractivity contribution >= 4 is 11.4 Å². The molecule has 0 spiro atoms. The van der Waals surface area contributed by atoms with E-state index in [1.807, 2.05) is 0 Å². The van der Waals surface area contributed by atoms with Crippen LogP contribution in [-0.2, 0) is 0 Å². The Bertz CT molecular complexity index is 678. The fourth-order valence-corrected chi connectivity index (χ4v) is 2.20. The van der Waals surface area contributed by atoms with E-state index in [-0.39, 0.29) is 11.6 Å². The predicted molar refractivity (Wildman–Crippen MR) is 77.3 cm³/mol. The molecule has 1 aromatic carbocycles. The SMILES string of the molecule is O=C(c1ccc(F)cc1)c1cnc(C2=CCNCC2)nc1. The molecule has 0 amide bonds. The summed E-state index contributed by atoms with van der Waals surface area (Å²) in [5.74, 6) is 0.0870. The van der Waals surface area contributed by atoms with Gasteiger partial charge in [-0.3, -0.25) is 4.79 Å². The van der Waals surface area contributed by atoms with Crippen molar-refractivity contribution in [2.24, 2.45) is 0 Å². The van der Waals surface area contributed by atoms with Gasteiger partial charge in [0.1, 0.15) is 5.82 Å². The summed E-state index contributed by atoms with van der Waals surface area (Å²) in [5, 5.41) is 3.22. The summed E-state index contributed by atoms with van der Waals surface area (Å²) < 4.78 is 12.9. The number of rotatable bonds is 3. The van der Waals surface area contributed by atoms with Crippen molar-refractivity contribution < 1.29 is 9.18 Å². The van der Waals surface area contributed by atoms with Crippen molar-refractivity contribution in [3.8, 4) is 0 Å². The highest BCUT2D eigenvalue weighted by Crippen LogP contribution is 2.16. The summed E-state index contributed by atoms with van der Waals surface area (Å²) in [5.41, 5.74) is 1.92. The highest BCUT2D eigenvalue weighted by molar-refractivity contribution is 6.08. The Kier molecular flexibility index (Phi) is 3.83. The molecule has 3 rings (SSSR count). The van der Waals surface area contributed by atoms with E-state index in [2.05, 4.69) is 21.4 Å². The first kappa shape index (κ1) is 13.6. The van der Waals surface area contributed by atoms with Crippen molar-refractivity contribution in [1.29, 1.82) is 0 Å². The van der Waals surface area contributed by atoms with Gasteiger partial charge in [-0.25, -0.2) is 14.4 Å². The quantitative estimate of drug-likeness (QED) is 0.878. The Morgan fingerprint density at radius 3 is 2.43 bits per heavy atom. The molecule has 0 aliphatic carbocycles. The molecule has 2 heterocycles. The highest BCUT2D eigenvalue weighted by Gasteiger charge is 2.12. The third kappa shape index (κ3) is 3.03. The zero-order chi connectivity index (χ0) is 14.7. The van der Waals surface area contributed by atoms with Crippen molar-refractivity contribution in [2.75, 3.05) is 13.1 Å². The van der Waals surface area contributed by atoms with E-state index < -0.39 is 0 Å². The van der Waals surface area contributed by atoms with Crippen LogP contribution in [0.4, 0.5) is 4.39 Å². The van der Waals surface area contributed by atoms with Gasteiger partial charge in [0, 0.05) is 24.5 Å². The van der Waals surface area contributed by atoms with Crippen LogP contribution in [0.1, 0.15) is 28.2 Å². The molecule has 4 nitrogen and oxygen atoms in total. The second-order valence-corrected chi connectivity index (χ2v) is 4.81. The number of hydrogen-bond donors (Lipinski definition) is 1. The van der Waals surface area contributed by atoms with Gasteiger partial charge in [-0.05, 0) is 42.8 Å². The van der Waals surface area contributed by atoms with Crippen LogP contribution in [0.3, 0.4) is 0 Å². The van der Waals surface area contributed by atoms with E-state index in [1.165, 1.54) is 36.7 Å². The lowest BCUT2D eigenvalue weighted by molar-refractivity contribution is 0.103. The summed E-state index contributed by atoms with van der Waals surface area (Å²) in [6, 6.07) is 5.45. The largest absolute Gasteiger partial charge is 0.313 e. The smallest absolute Gasteiger partial charge is 0.196 e. The monoisotopic (exact) mass is 283 g/mol. The molecular weight excluding hydrogens is 269 g/mol. The maximum Gasteiger partial charge on any atom is 0.196 e. The molecule has 1 N–H and O–H groups in total.